The van der Waals surface area contributed by atoms with E-state index in [1.165, 1.54) is 30.6 Å². The van der Waals surface area contributed by atoms with E-state index in [4.69, 9.17) is 9.26 Å². The number of nitro groups is 1. The van der Waals surface area contributed by atoms with Gasteiger partial charge in [-0.05, 0) is 23.6 Å². The Hall–Kier alpha value is -3.27. The molecule has 0 spiro atoms. The van der Waals surface area contributed by atoms with Gasteiger partial charge in [-0.25, -0.2) is 4.79 Å². The zero-order valence-electron chi connectivity index (χ0n) is 12.9. The fourth-order valence-corrected chi connectivity index (χ4v) is 2.63. The summed E-state index contributed by atoms with van der Waals surface area (Å²) in [6.07, 6.45) is 0. The minimum atomic E-state index is -0.674. The van der Waals surface area contributed by atoms with E-state index in [1.54, 1.807) is 0 Å². The molecule has 0 saturated heterocycles. The van der Waals surface area contributed by atoms with Gasteiger partial charge in [-0.1, -0.05) is 11.2 Å². The van der Waals surface area contributed by atoms with Crippen molar-refractivity contribution in [3.8, 4) is 16.5 Å². The van der Waals surface area contributed by atoms with Gasteiger partial charge < -0.3 is 14.0 Å². The summed E-state index contributed by atoms with van der Waals surface area (Å²) >= 11 is 1.46. The molecule has 0 fully saturated rings. The van der Waals surface area contributed by atoms with E-state index >= 15 is 0 Å². The molecule has 0 amide bonds. The fraction of sp³-hybridized carbons (Fsp3) is 0.133. The average Bonchev–Trinajstić information content (AvgIpc) is 3.30. The maximum atomic E-state index is 11.5. The predicted molar refractivity (Wildman–Crippen MR) is 86.4 cm³/mol. The largest absolute Gasteiger partial charge is 0.477 e. The molecule has 0 N–H and O–H groups in total. The number of thiophene rings is 1. The van der Waals surface area contributed by atoms with Crippen LogP contribution in [0.5, 0.6) is 5.75 Å². The van der Waals surface area contributed by atoms with Crippen LogP contribution >= 0.6 is 11.3 Å². The summed E-state index contributed by atoms with van der Waals surface area (Å²) in [6.45, 7) is -0.142. The Morgan fingerprint density at radius 1 is 1.40 bits per heavy atom. The van der Waals surface area contributed by atoms with Crippen LogP contribution in [0.3, 0.4) is 0 Å². The number of benzene rings is 1. The van der Waals surface area contributed by atoms with Crippen molar-refractivity contribution < 1.29 is 23.7 Å². The maximum Gasteiger partial charge on any atom is 0.338 e. The summed E-state index contributed by atoms with van der Waals surface area (Å²) in [4.78, 5) is 27.0. The standard InChI is InChI=1S/C15H11N3O6S/c1-22-15(19)9-4-5-11(10(7-9)18(20)21)23-8-13-16-14(17-24-13)12-3-2-6-25-12/h2-7H,8H2,1H3. The molecule has 0 aliphatic carbocycles. The Morgan fingerprint density at radius 3 is 2.92 bits per heavy atom. The quantitative estimate of drug-likeness (QED) is 0.373. The molecule has 10 heteroatoms. The molecular formula is C15H11N3O6S. The second-order valence-corrected chi connectivity index (χ2v) is 5.66. The number of hydrogen-bond acceptors (Lipinski definition) is 9. The van der Waals surface area contributed by atoms with Gasteiger partial charge in [0.15, 0.2) is 12.4 Å². The second-order valence-electron chi connectivity index (χ2n) is 4.71. The van der Waals surface area contributed by atoms with Crippen molar-refractivity contribution >= 4 is 23.0 Å². The van der Waals surface area contributed by atoms with Crippen molar-refractivity contribution in [2.45, 2.75) is 6.61 Å². The van der Waals surface area contributed by atoms with Gasteiger partial charge in [0.25, 0.3) is 5.89 Å². The monoisotopic (exact) mass is 361 g/mol. The molecular weight excluding hydrogens is 350 g/mol. The van der Waals surface area contributed by atoms with Gasteiger partial charge in [0.05, 0.1) is 22.5 Å². The minimum Gasteiger partial charge on any atom is -0.477 e. The van der Waals surface area contributed by atoms with Crippen LogP contribution in [-0.2, 0) is 11.3 Å². The normalized spacial score (nSPS) is 10.4. The van der Waals surface area contributed by atoms with Crippen LogP contribution < -0.4 is 4.74 Å². The van der Waals surface area contributed by atoms with Gasteiger partial charge in [0.1, 0.15) is 0 Å². The Balaban J connectivity index is 1.76. The van der Waals surface area contributed by atoms with Crippen LogP contribution in [-0.4, -0.2) is 28.1 Å². The highest BCUT2D eigenvalue weighted by Gasteiger charge is 2.20. The highest BCUT2D eigenvalue weighted by molar-refractivity contribution is 7.13. The zero-order valence-corrected chi connectivity index (χ0v) is 13.7. The summed E-state index contributed by atoms with van der Waals surface area (Å²) < 4.78 is 15.0. The Labute approximate surface area is 145 Å². The van der Waals surface area contributed by atoms with Crippen molar-refractivity contribution in [1.29, 1.82) is 0 Å². The first-order chi connectivity index (χ1) is 12.1. The summed E-state index contributed by atoms with van der Waals surface area (Å²) in [5.74, 6) is -0.0976. The minimum absolute atomic E-state index is 0.0199. The molecule has 2 aromatic heterocycles. The summed E-state index contributed by atoms with van der Waals surface area (Å²) in [5.41, 5.74) is -0.305. The molecule has 3 rings (SSSR count). The zero-order chi connectivity index (χ0) is 17.8. The molecule has 3 aromatic rings. The van der Waals surface area contributed by atoms with E-state index in [0.29, 0.717) is 5.82 Å². The number of nitro benzene ring substituents is 1. The number of carbonyl (C=O) groups excluding carboxylic acids is 1. The van der Waals surface area contributed by atoms with Crippen LogP contribution in [0.25, 0.3) is 10.7 Å². The summed E-state index contributed by atoms with van der Waals surface area (Å²) in [7, 11) is 1.19. The number of methoxy groups -OCH3 is 1. The van der Waals surface area contributed by atoms with Crippen molar-refractivity contribution in [2.24, 2.45) is 0 Å². The van der Waals surface area contributed by atoms with E-state index in [9.17, 15) is 14.9 Å². The third-order valence-electron chi connectivity index (χ3n) is 3.14. The van der Waals surface area contributed by atoms with E-state index in [0.717, 1.165) is 10.9 Å². The van der Waals surface area contributed by atoms with Crippen LogP contribution in [0.15, 0.2) is 40.2 Å². The molecule has 1 aromatic carbocycles. The molecule has 128 valence electrons. The Kier molecular flexibility index (Phi) is 4.70. The topological polar surface area (TPSA) is 118 Å². The highest BCUT2D eigenvalue weighted by atomic mass is 32.1. The number of ether oxygens (including phenoxy) is 2. The van der Waals surface area contributed by atoms with Crippen LogP contribution in [0.2, 0.25) is 0 Å². The van der Waals surface area contributed by atoms with Crippen molar-refractivity contribution in [2.75, 3.05) is 7.11 Å². The Morgan fingerprint density at radius 2 is 2.24 bits per heavy atom. The van der Waals surface area contributed by atoms with Gasteiger partial charge >= 0.3 is 11.7 Å². The molecule has 0 aliphatic rings. The van der Waals surface area contributed by atoms with Crippen molar-refractivity contribution in [3.63, 3.8) is 0 Å². The number of nitrogens with zero attached hydrogens (tertiary/aromatic N) is 3. The number of hydrogen-bond donors (Lipinski definition) is 0. The highest BCUT2D eigenvalue weighted by Crippen LogP contribution is 2.29. The molecule has 0 aliphatic heterocycles. The SMILES string of the molecule is COC(=O)c1ccc(OCc2nc(-c3cccs3)no2)c([N+](=O)[O-])c1. The third-order valence-corrected chi connectivity index (χ3v) is 4.00. The number of aromatic nitrogens is 2. The van der Waals surface area contributed by atoms with Crippen molar-refractivity contribution in [3.05, 3.63) is 57.3 Å². The first-order valence-electron chi connectivity index (χ1n) is 6.94. The molecule has 0 radical (unpaired) electrons. The molecule has 0 unspecified atom stereocenters. The number of esters is 1. The third kappa shape index (κ3) is 3.63. The summed E-state index contributed by atoms with van der Waals surface area (Å²) in [5, 5.41) is 16.9. The lowest BCUT2D eigenvalue weighted by atomic mass is 10.2. The smallest absolute Gasteiger partial charge is 0.338 e. The Bertz CT molecular complexity index is 906. The van der Waals surface area contributed by atoms with Gasteiger partial charge in [-0.3, -0.25) is 10.1 Å². The van der Waals surface area contributed by atoms with Crippen LogP contribution in [0.1, 0.15) is 16.2 Å². The molecule has 9 nitrogen and oxygen atoms in total. The van der Waals surface area contributed by atoms with Crippen LogP contribution in [0.4, 0.5) is 5.69 Å². The first-order valence-corrected chi connectivity index (χ1v) is 7.82. The second kappa shape index (κ2) is 7.09. The number of rotatable bonds is 6. The first kappa shape index (κ1) is 16.6. The molecule has 2 heterocycles. The predicted octanol–water partition coefficient (Wildman–Crippen LogP) is 3.07. The lowest BCUT2D eigenvalue weighted by Gasteiger charge is -2.05. The maximum absolute atomic E-state index is 11.5. The lowest BCUT2D eigenvalue weighted by molar-refractivity contribution is -0.386. The molecule has 0 saturated carbocycles. The molecule has 0 bridgehead atoms. The van der Waals surface area contributed by atoms with E-state index in [-0.39, 0.29) is 29.5 Å². The van der Waals surface area contributed by atoms with Crippen molar-refractivity contribution in [1.82, 2.24) is 10.1 Å². The lowest BCUT2D eigenvalue weighted by Crippen LogP contribution is -2.04. The van der Waals surface area contributed by atoms with Crippen LogP contribution in [0, 0.1) is 10.1 Å². The van der Waals surface area contributed by atoms with E-state index in [2.05, 4.69) is 14.9 Å². The van der Waals surface area contributed by atoms with E-state index in [1.807, 2.05) is 17.5 Å². The number of carbonyl (C=O) groups is 1. The average molecular weight is 361 g/mol. The molecule has 25 heavy (non-hydrogen) atoms. The van der Waals surface area contributed by atoms with Gasteiger partial charge in [0.2, 0.25) is 5.82 Å². The molecule has 0 atom stereocenters. The fourth-order valence-electron chi connectivity index (χ4n) is 1.99. The van der Waals surface area contributed by atoms with Gasteiger partial charge in [-0.2, -0.15) is 4.98 Å². The van der Waals surface area contributed by atoms with E-state index < -0.39 is 10.9 Å². The van der Waals surface area contributed by atoms with Gasteiger partial charge in [-0.15, -0.1) is 11.3 Å². The van der Waals surface area contributed by atoms with Gasteiger partial charge in [0, 0.05) is 6.07 Å². The summed E-state index contributed by atoms with van der Waals surface area (Å²) in [6, 6.07) is 7.49.